The molecule has 0 radical (unpaired) electrons. The summed E-state index contributed by atoms with van der Waals surface area (Å²) in [4.78, 5) is 32.1. The second-order valence-electron chi connectivity index (χ2n) is 8.03. The Balaban J connectivity index is 1.85. The number of anilines is 2. The van der Waals surface area contributed by atoms with Crippen molar-refractivity contribution in [1.29, 1.82) is 0 Å². The van der Waals surface area contributed by atoms with Crippen LogP contribution in [0.3, 0.4) is 0 Å². The van der Waals surface area contributed by atoms with Crippen LogP contribution in [0.15, 0.2) is 41.2 Å². The predicted octanol–water partition coefficient (Wildman–Crippen LogP) is 3.43. The van der Waals surface area contributed by atoms with Crippen LogP contribution >= 0.6 is 0 Å². The number of carbonyl (C=O) groups is 1. The third-order valence-electron chi connectivity index (χ3n) is 5.82. The van der Waals surface area contributed by atoms with Crippen molar-refractivity contribution in [3.05, 3.63) is 63.4 Å². The van der Waals surface area contributed by atoms with E-state index in [9.17, 15) is 14.7 Å². The molecule has 0 bridgehead atoms. The van der Waals surface area contributed by atoms with E-state index in [-0.39, 0.29) is 17.2 Å². The number of aromatic nitrogens is 2. The minimum absolute atomic E-state index is 0.0675. The van der Waals surface area contributed by atoms with Crippen molar-refractivity contribution >= 4 is 28.5 Å². The lowest BCUT2D eigenvalue weighted by molar-refractivity contribution is 0.0698. The van der Waals surface area contributed by atoms with Gasteiger partial charge in [0.15, 0.2) is 0 Å². The third kappa shape index (κ3) is 4.05. The van der Waals surface area contributed by atoms with Crippen LogP contribution in [0, 0.1) is 6.92 Å². The first kappa shape index (κ1) is 21.8. The third-order valence-corrected chi connectivity index (χ3v) is 5.82. The minimum atomic E-state index is -0.993. The molecule has 1 aromatic heterocycles. The van der Waals surface area contributed by atoms with Gasteiger partial charge in [-0.2, -0.15) is 0 Å². The molecule has 0 amide bonds. The van der Waals surface area contributed by atoms with E-state index in [4.69, 9.17) is 9.72 Å². The van der Waals surface area contributed by atoms with Gasteiger partial charge in [-0.25, -0.2) is 9.78 Å². The van der Waals surface area contributed by atoms with Crippen molar-refractivity contribution in [2.75, 3.05) is 36.5 Å². The maximum Gasteiger partial charge on any atom is 0.337 e. The number of nitrogens with zero attached hydrogens (tertiary/aromatic N) is 3. The van der Waals surface area contributed by atoms with Crippen LogP contribution in [0.5, 0.6) is 0 Å². The van der Waals surface area contributed by atoms with Gasteiger partial charge in [0.25, 0.3) is 5.56 Å². The van der Waals surface area contributed by atoms with Crippen molar-refractivity contribution in [2.24, 2.45) is 0 Å². The van der Waals surface area contributed by atoms with E-state index >= 15 is 0 Å². The Morgan fingerprint density at radius 1 is 1.25 bits per heavy atom. The summed E-state index contributed by atoms with van der Waals surface area (Å²) in [5.41, 5.74) is 3.11. The van der Waals surface area contributed by atoms with Crippen LogP contribution in [0.1, 0.15) is 41.4 Å². The molecule has 168 valence electrons. The van der Waals surface area contributed by atoms with Gasteiger partial charge in [0.2, 0.25) is 5.95 Å². The number of carboxylic acid groups (broad SMARTS) is 1. The maximum atomic E-state index is 13.4. The van der Waals surface area contributed by atoms with E-state index in [0.717, 1.165) is 11.1 Å². The number of hydrogen-bond donors (Lipinski definition) is 2. The number of ether oxygens (including phenoxy) is 1. The molecule has 8 heteroatoms. The van der Waals surface area contributed by atoms with Crippen LogP contribution in [0.4, 0.5) is 11.6 Å². The van der Waals surface area contributed by atoms with Gasteiger partial charge >= 0.3 is 5.97 Å². The van der Waals surface area contributed by atoms with Gasteiger partial charge in [-0.15, -0.1) is 0 Å². The number of aryl methyl sites for hydroxylation is 1. The Kier molecular flexibility index (Phi) is 6.14. The predicted molar refractivity (Wildman–Crippen MR) is 125 cm³/mol. The molecule has 4 rings (SSSR count). The van der Waals surface area contributed by atoms with Crippen LogP contribution in [0.2, 0.25) is 0 Å². The average molecular weight is 437 g/mol. The quantitative estimate of drug-likeness (QED) is 0.611. The Morgan fingerprint density at radius 3 is 2.66 bits per heavy atom. The highest BCUT2D eigenvalue weighted by Gasteiger charge is 2.22. The molecule has 0 aliphatic carbocycles. The SMILES string of the molecule is CCn1c(N2CCOCC2)nc2c([C@@H](C)Nc3ccccc3C(=O)O)cc(C)cc2c1=O. The number of carboxylic acids is 1. The summed E-state index contributed by atoms with van der Waals surface area (Å²) < 4.78 is 7.19. The largest absolute Gasteiger partial charge is 0.478 e. The highest BCUT2D eigenvalue weighted by atomic mass is 16.5. The number of hydrogen-bond acceptors (Lipinski definition) is 6. The molecule has 0 saturated carbocycles. The summed E-state index contributed by atoms with van der Waals surface area (Å²) in [5, 5.41) is 13.4. The van der Waals surface area contributed by atoms with Gasteiger partial charge in [0.05, 0.1) is 35.7 Å². The van der Waals surface area contributed by atoms with Gasteiger partial charge in [-0.3, -0.25) is 9.36 Å². The molecule has 32 heavy (non-hydrogen) atoms. The monoisotopic (exact) mass is 436 g/mol. The second-order valence-corrected chi connectivity index (χ2v) is 8.03. The van der Waals surface area contributed by atoms with Gasteiger partial charge in [0, 0.05) is 30.9 Å². The van der Waals surface area contributed by atoms with E-state index in [1.165, 1.54) is 0 Å². The Bertz CT molecular complexity index is 1210. The second kappa shape index (κ2) is 9.00. The molecule has 3 aromatic rings. The van der Waals surface area contributed by atoms with E-state index in [2.05, 4.69) is 10.2 Å². The van der Waals surface area contributed by atoms with E-state index in [0.29, 0.717) is 55.4 Å². The molecule has 2 N–H and O–H groups in total. The van der Waals surface area contributed by atoms with Crippen molar-refractivity contribution in [1.82, 2.24) is 9.55 Å². The molecular formula is C24H28N4O4. The number of benzene rings is 2. The van der Waals surface area contributed by atoms with Gasteiger partial charge in [-0.05, 0) is 44.5 Å². The lowest BCUT2D eigenvalue weighted by Crippen LogP contribution is -2.40. The maximum absolute atomic E-state index is 13.4. The fourth-order valence-corrected chi connectivity index (χ4v) is 4.22. The average Bonchev–Trinajstić information content (AvgIpc) is 2.79. The summed E-state index contributed by atoms with van der Waals surface area (Å²) in [5.74, 6) is -0.343. The molecule has 2 heterocycles. The molecule has 1 saturated heterocycles. The first-order chi connectivity index (χ1) is 15.4. The molecular weight excluding hydrogens is 408 g/mol. The summed E-state index contributed by atoms with van der Waals surface area (Å²) in [6.07, 6.45) is 0. The number of aromatic carboxylic acids is 1. The molecule has 1 aliphatic heterocycles. The Hall–Kier alpha value is -3.39. The number of para-hydroxylation sites is 1. The van der Waals surface area contributed by atoms with E-state index in [1.807, 2.05) is 32.9 Å². The topological polar surface area (TPSA) is 96.7 Å². The van der Waals surface area contributed by atoms with Crippen molar-refractivity contribution < 1.29 is 14.6 Å². The molecule has 1 atom stereocenters. The molecule has 8 nitrogen and oxygen atoms in total. The fourth-order valence-electron chi connectivity index (χ4n) is 4.22. The lowest BCUT2D eigenvalue weighted by Gasteiger charge is -2.30. The number of fused-ring (bicyclic) bond motifs is 1. The zero-order valence-corrected chi connectivity index (χ0v) is 18.6. The summed E-state index contributed by atoms with van der Waals surface area (Å²) >= 11 is 0. The number of rotatable bonds is 6. The van der Waals surface area contributed by atoms with Gasteiger partial charge in [-0.1, -0.05) is 18.2 Å². The first-order valence-electron chi connectivity index (χ1n) is 10.9. The summed E-state index contributed by atoms with van der Waals surface area (Å²) in [6, 6.07) is 10.4. The normalized spacial score (nSPS) is 15.0. The molecule has 0 unspecified atom stereocenters. The Labute approximate surface area is 186 Å². The van der Waals surface area contributed by atoms with Gasteiger partial charge < -0.3 is 20.1 Å². The highest BCUT2D eigenvalue weighted by Crippen LogP contribution is 2.29. The van der Waals surface area contributed by atoms with E-state index in [1.54, 1.807) is 28.8 Å². The van der Waals surface area contributed by atoms with Crippen molar-refractivity contribution in [3.8, 4) is 0 Å². The molecule has 1 fully saturated rings. The van der Waals surface area contributed by atoms with Crippen molar-refractivity contribution in [3.63, 3.8) is 0 Å². The highest BCUT2D eigenvalue weighted by molar-refractivity contribution is 5.94. The van der Waals surface area contributed by atoms with Crippen LogP contribution in [-0.2, 0) is 11.3 Å². The lowest BCUT2D eigenvalue weighted by atomic mass is 10.0. The standard InChI is InChI=1S/C24H28N4O4/c1-4-28-22(29)19-14-15(2)13-18(21(19)26-24(28)27-9-11-32-12-10-27)16(3)25-20-8-6-5-7-17(20)23(30)31/h5-8,13-14,16,25H,4,9-12H2,1-3H3,(H,30,31)/t16-/m1/s1. The molecule has 1 aliphatic rings. The zero-order valence-electron chi connectivity index (χ0n) is 18.6. The zero-order chi connectivity index (χ0) is 22.8. The van der Waals surface area contributed by atoms with Crippen LogP contribution in [0.25, 0.3) is 10.9 Å². The van der Waals surface area contributed by atoms with Crippen molar-refractivity contribution in [2.45, 2.75) is 33.4 Å². The number of nitrogens with one attached hydrogen (secondary N) is 1. The summed E-state index contributed by atoms with van der Waals surface area (Å²) in [6.45, 7) is 8.93. The smallest absolute Gasteiger partial charge is 0.337 e. The van der Waals surface area contributed by atoms with Gasteiger partial charge in [0.1, 0.15) is 0 Å². The minimum Gasteiger partial charge on any atom is -0.478 e. The Morgan fingerprint density at radius 2 is 1.97 bits per heavy atom. The number of morpholine rings is 1. The van der Waals surface area contributed by atoms with E-state index < -0.39 is 5.97 Å². The first-order valence-corrected chi connectivity index (χ1v) is 10.9. The molecule has 0 spiro atoms. The van der Waals surface area contributed by atoms with Crippen LogP contribution < -0.4 is 15.8 Å². The summed E-state index contributed by atoms with van der Waals surface area (Å²) in [7, 11) is 0. The van der Waals surface area contributed by atoms with Crippen LogP contribution in [-0.4, -0.2) is 46.9 Å². The fraction of sp³-hybridized carbons (Fsp3) is 0.375. The molecule has 2 aromatic carbocycles.